The Labute approximate surface area is 174 Å². The molecule has 148 valence electrons. The Morgan fingerprint density at radius 2 is 1.76 bits per heavy atom. The van der Waals surface area contributed by atoms with E-state index in [0.29, 0.717) is 22.0 Å². The van der Waals surface area contributed by atoms with E-state index < -0.39 is 0 Å². The maximum Gasteiger partial charge on any atom is 0.258 e. The van der Waals surface area contributed by atoms with Crippen molar-refractivity contribution in [2.75, 3.05) is 43.4 Å². The predicted molar refractivity (Wildman–Crippen MR) is 114 cm³/mol. The quantitative estimate of drug-likeness (QED) is 0.668. The highest BCUT2D eigenvalue weighted by Gasteiger charge is 2.15. The zero-order valence-corrected chi connectivity index (χ0v) is 16.8. The molecule has 0 saturated carbocycles. The number of hydrogen-bond donors (Lipinski definition) is 1. The first kappa shape index (κ1) is 19.3. The van der Waals surface area contributed by atoms with Crippen molar-refractivity contribution in [3.63, 3.8) is 0 Å². The summed E-state index contributed by atoms with van der Waals surface area (Å²) in [4.78, 5) is 29.8. The third kappa shape index (κ3) is 4.52. The number of nitrogens with zero attached hydrogens (tertiary/aromatic N) is 5. The van der Waals surface area contributed by atoms with Crippen LogP contribution in [0.2, 0.25) is 5.15 Å². The van der Waals surface area contributed by atoms with Crippen LogP contribution in [-0.4, -0.2) is 59.0 Å². The minimum absolute atomic E-state index is 0.218. The maximum absolute atomic E-state index is 12.6. The largest absolute Gasteiger partial charge is 0.369 e. The summed E-state index contributed by atoms with van der Waals surface area (Å²) in [6.07, 6.45) is 3.19. The van der Waals surface area contributed by atoms with Crippen LogP contribution >= 0.6 is 11.6 Å². The Morgan fingerprint density at radius 1 is 1.00 bits per heavy atom. The van der Waals surface area contributed by atoms with E-state index in [9.17, 15) is 4.79 Å². The topological polar surface area (TPSA) is 74.2 Å². The molecule has 1 saturated heterocycles. The summed E-state index contributed by atoms with van der Waals surface area (Å²) in [6.45, 7) is 4.05. The van der Waals surface area contributed by atoms with E-state index >= 15 is 0 Å². The molecule has 0 unspecified atom stereocenters. The van der Waals surface area contributed by atoms with E-state index in [4.69, 9.17) is 11.6 Å². The Balaban J connectivity index is 1.46. The van der Waals surface area contributed by atoms with Gasteiger partial charge in [-0.15, -0.1) is 0 Å². The van der Waals surface area contributed by atoms with Gasteiger partial charge in [0.1, 0.15) is 5.15 Å². The lowest BCUT2D eigenvalue weighted by atomic mass is 10.1. The molecule has 1 aromatic carbocycles. The second-order valence-electron chi connectivity index (χ2n) is 6.90. The molecule has 0 spiro atoms. The van der Waals surface area contributed by atoms with Crippen LogP contribution in [0.5, 0.6) is 0 Å². The Kier molecular flexibility index (Phi) is 5.69. The number of likely N-dealkylation sites (N-methyl/N-ethyl adjacent to an activating group) is 1. The average molecular weight is 409 g/mol. The minimum Gasteiger partial charge on any atom is -0.369 e. The lowest BCUT2D eigenvalue weighted by molar-refractivity contribution is 0.102. The minimum atomic E-state index is -0.260. The van der Waals surface area contributed by atoms with Gasteiger partial charge < -0.3 is 9.80 Å². The number of benzene rings is 1. The molecular weight excluding hydrogens is 388 g/mol. The molecule has 29 heavy (non-hydrogen) atoms. The molecule has 1 aliphatic rings. The maximum atomic E-state index is 12.6. The van der Waals surface area contributed by atoms with E-state index in [1.807, 2.05) is 30.3 Å². The van der Waals surface area contributed by atoms with Crippen molar-refractivity contribution in [3.05, 3.63) is 65.6 Å². The van der Waals surface area contributed by atoms with Gasteiger partial charge in [-0.05, 0) is 49.5 Å². The molecule has 1 fully saturated rings. The second-order valence-corrected chi connectivity index (χ2v) is 7.26. The van der Waals surface area contributed by atoms with Crippen molar-refractivity contribution < 1.29 is 4.79 Å². The fourth-order valence-electron chi connectivity index (χ4n) is 3.21. The molecule has 0 aliphatic carbocycles. The van der Waals surface area contributed by atoms with Gasteiger partial charge in [0.25, 0.3) is 5.91 Å². The Morgan fingerprint density at radius 3 is 2.48 bits per heavy atom. The number of anilines is 2. The van der Waals surface area contributed by atoms with Crippen LogP contribution in [0.15, 0.2) is 54.9 Å². The van der Waals surface area contributed by atoms with Gasteiger partial charge in [-0.3, -0.25) is 10.1 Å². The normalized spacial score (nSPS) is 14.6. The molecule has 3 heterocycles. The molecular formula is C21H21ClN6O. The molecule has 0 radical (unpaired) electrons. The molecule has 3 aromatic rings. The van der Waals surface area contributed by atoms with Gasteiger partial charge in [0.05, 0.1) is 5.69 Å². The SMILES string of the molecule is CN1CCN(c2ccc(C(=O)Nc3nccc(-c4cccnc4Cl)n3)cc2)CC1. The third-order valence-electron chi connectivity index (χ3n) is 4.91. The van der Waals surface area contributed by atoms with Gasteiger partial charge in [-0.25, -0.2) is 15.0 Å². The molecule has 8 heteroatoms. The summed E-state index contributed by atoms with van der Waals surface area (Å²) in [5, 5.41) is 3.10. The van der Waals surface area contributed by atoms with Crippen molar-refractivity contribution in [1.29, 1.82) is 0 Å². The van der Waals surface area contributed by atoms with Crippen molar-refractivity contribution in [1.82, 2.24) is 19.9 Å². The number of hydrogen-bond acceptors (Lipinski definition) is 6. The lowest BCUT2D eigenvalue weighted by Gasteiger charge is -2.34. The van der Waals surface area contributed by atoms with Crippen molar-refractivity contribution in [2.24, 2.45) is 0 Å². The van der Waals surface area contributed by atoms with E-state index in [-0.39, 0.29) is 11.9 Å². The van der Waals surface area contributed by atoms with Crippen LogP contribution in [-0.2, 0) is 0 Å². The molecule has 0 atom stereocenters. The second kappa shape index (κ2) is 8.55. The molecule has 7 nitrogen and oxygen atoms in total. The standard InChI is InChI=1S/C21H21ClN6O/c1-27-11-13-28(14-12-27)16-6-4-15(5-7-16)20(29)26-21-24-10-8-18(25-21)17-3-2-9-23-19(17)22/h2-10H,11-14H2,1H3,(H,24,25,26,29). The van der Waals surface area contributed by atoms with Crippen LogP contribution < -0.4 is 10.2 Å². The van der Waals surface area contributed by atoms with E-state index in [1.165, 1.54) is 0 Å². The number of aromatic nitrogens is 3. The number of pyridine rings is 1. The average Bonchev–Trinajstić information content (AvgIpc) is 2.75. The number of nitrogens with one attached hydrogen (secondary N) is 1. The molecule has 0 bridgehead atoms. The molecule has 1 amide bonds. The number of carbonyl (C=O) groups excluding carboxylic acids is 1. The molecule has 2 aromatic heterocycles. The Hall–Kier alpha value is -3.03. The zero-order valence-electron chi connectivity index (χ0n) is 16.0. The van der Waals surface area contributed by atoms with E-state index in [1.54, 1.807) is 24.5 Å². The Bertz CT molecular complexity index is 1000. The van der Waals surface area contributed by atoms with Crippen molar-refractivity contribution in [2.45, 2.75) is 0 Å². The van der Waals surface area contributed by atoms with Crippen LogP contribution in [0.25, 0.3) is 11.3 Å². The predicted octanol–water partition coefficient (Wildman–Crippen LogP) is 3.20. The monoisotopic (exact) mass is 408 g/mol. The first-order valence-corrected chi connectivity index (χ1v) is 9.77. The van der Waals surface area contributed by atoms with E-state index in [2.05, 4.69) is 37.1 Å². The van der Waals surface area contributed by atoms with Gasteiger partial charge in [0.2, 0.25) is 5.95 Å². The number of halogens is 1. The summed E-state index contributed by atoms with van der Waals surface area (Å²) in [7, 11) is 2.13. The van der Waals surface area contributed by atoms with Crippen LogP contribution in [0.1, 0.15) is 10.4 Å². The lowest BCUT2D eigenvalue weighted by Crippen LogP contribution is -2.44. The van der Waals surface area contributed by atoms with Crippen molar-refractivity contribution in [3.8, 4) is 11.3 Å². The van der Waals surface area contributed by atoms with Crippen LogP contribution in [0.4, 0.5) is 11.6 Å². The first-order valence-electron chi connectivity index (χ1n) is 9.39. The molecule has 1 N–H and O–H groups in total. The molecule has 4 rings (SSSR count). The number of carbonyl (C=O) groups is 1. The third-order valence-corrected chi connectivity index (χ3v) is 5.22. The zero-order chi connectivity index (χ0) is 20.2. The van der Waals surface area contributed by atoms with Crippen LogP contribution in [0, 0.1) is 0 Å². The van der Waals surface area contributed by atoms with Gasteiger partial charge >= 0.3 is 0 Å². The number of amides is 1. The summed E-state index contributed by atoms with van der Waals surface area (Å²) < 4.78 is 0. The first-order chi connectivity index (χ1) is 14.1. The summed E-state index contributed by atoms with van der Waals surface area (Å²) in [6, 6.07) is 12.9. The van der Waals surface area contributed by atoms with Gasteiger partial charge in [-0.2, -0.15) is 0 Å². The van der Waals surface area contributed by atoms with Crippen molar-refractivity contribution >= 4 is 29.1 Å². The summed E-state index contributed by atoms with van der Waals surface area (Å²) in [5.74, 6) is -0.0417. The summed E-state index contributed by atoms with van der Waals surface area (Å²) in [5.41, 5.74) is 2.96. The highest BCUT2D eigenvalue weighted by Crippen LogP contribution is 2.24. The van der Waals surface area contributed by atoms with Gasteiger partial charge in [-0.1, -0.05) is 11.6 Å². The highest BCUT2D eigenvalue weighted by atomic mass is 35.5. The number of piperazine rings is 1. The smallest absolute Gasteiger partial charge is 0.258 e. The highest BCUT2D eigenvalue weighted by molar-refractivity contribution is 6.32. The van der Waals surface area contributed by atoms with E-state index in [0.717, 1.165) is 31.9 Å². The molecule has 1 aliphatic heterocycles. The fourth-order valence-corrected chi connectivity index (χ4v) is 3.42. The number of rotatable bonds is 4. The van der Waals surface area contributed by atoms with Gasteiger partial charge in [0.15, 0.2) is 0 Å². The summed E-state index contributed by atoms with van der Waals surface area (Å²) >= 11 is 6.13. The van der Waals surface area contributed by atoms with Gasteiger partial charge in [0, 0.05) is 55.4 Å². The fraction of sp³-hybridized carbons (Fsp3) is 0.238. The van der Waals surface area contributed by atoms with Crippen LogP contribution in [0.3, 0.4) is 0 Å².